The number of benzene rings is 4. The number of methoxy groups -OCH3 is 1. The lowest BCUT2D eigenvalue weighted by atomic mass is 9.87. The number of aliphatic hydroxyl groups excluding tert-OH is 1. The number of nitrogens with zero attached hydrogens (tertiary/aromatic N) is 1. The van der Waals surface area contributed by atoms with Gasteiger partial charge in [0.05, 0.1) is 39.6 Å². The molecule has 3 unspecified atom stereocenters. The third-order valence-electron chi connectivity index (χ3n) is 8.00. The molecule has 8 heteroatoms. The highest BCUT2D eigenvalue weighted by Crippen LogP contribution is 2.35. The van der Waals surface area contributed by atoms with E-state index in [4.69, 9.17) is 23.7 Å². The van der Waals surface area contributed by atoms with Crippen LogP contribution in [0.1, 0.15) is 49.8 Å². The van der Waals surface area contributed by atoms with Crippen LogP contribution in [0.25, 0.3) is 10.8 Å². The van der Waals surface area contributed by atoms with Crippen molar-refractivity contribution in [3.8, 4) is 11.5 Å². The molecule has 0 aromatic heterocycles. The Morgan fingerprint density at radius 1 is 0.913 bits per heavy atom. The molecule has 4 aromatic carbocycles. The second kappa shape index (κ2) is 15.5. The molecular weight excluding hydrogens is 582 g/mol. The van der Waals surface area contributed by atoms with Gasteiger partial charge in [-0.3, -0.25) is 0 Å². The number of amides is 1. The van der Waals surface area contributed by atoms with E-state index in [0.29, 0.717) is 32.1 Å². The Labute approximate surface area is 271 Å². The van der Waals surface area contributed by atoms with Crippen molar-refractivity contribution in [1.82, 2.24) is 4.90 Å². The standard InChI is InChI=1S/C38H45NO7/c1-38(2,3)46-37(41)39-21-20-33(35(22-39)45-24-30-15-14-28-12-8-9-13-34(28)36(30)42-4)29-16-18-32(19-17-29)44-26-31(40)25-43-23-27-10-6-5-7-11-27/h5-19,31,33,35,40H,20-26H2,1-4H3. The average molecular weight is 628 g/mol. The van der Waals surface area contributed by atoms with Crippen LogP contribution in [-0.4, -0.2) is 67.3 Å². The molecule has 0 aliphatic carbocycles. The number of hydrogen-bond donors (Lipinski definition) is 1. The zero-order chi connectivity index (χ0) is 32.5. The molecule has 4 aromatic rings. The number of fused-ring (bicyclic) bond motifs is 1. The number of hydrogen-bond acceptors (Lipinski definition) is 7. The zero-order valence-corrected chi connectivity index (χ0v) is 27.2. The van der Waals surface area contributed by atoms with Crippen molar-refractivity contribution in [1.29, 1.82) is 0 Å². The van der Waals surface area contributed by atoms with E-state index in [2.05, 4.69) is 12.1 Å². The predicted molar refractivity (Wildman–Crippen MR) is 178 cm³/mol. The second-order valence-corrected chi connectivity index (χ2v) is 12.7. The molecule has 1 aliphatic rings. The topological polar surface area (TPSA) is 86.7 Å². The lowest BCUT2D eigenvalue weighted by Gasteiger charge is -2.39. The highest BCUT2D eigenvalue weighted by atomic mass is 16.6. The largest absolute Gasteiger partial charge is 0.496 e. The SMILES string of the molecule is COc1c(COC2CN(C(=O)OC(C)(C)C)CCC2c2ccc(OCC(O)COCc3ccccc3)cc2)ccc2ccccc12. The number of piperidine rings is 1. The minimum absolute atomic E-state index is 0.0520. The van der Waals surface area contributed by atoms with Gasteiger partial charge in [0.25, 0.3) is 0 Å². The Morgan fingerprint density at radius 2 is 1.65 bits per heavy atom. The van der Waals surface area contributed by atoms with Crippen molar-refractivity contribution in [2.24, 2.45) is 0 Å². The number of ether oxygens (including phenoxy) is 5. The summed E-state index contributed by atoms with van der Waals surface area (Å²) >= 11 is 0. The minimum Gasteiger partial charge on any atom is -0.496 e. The maximum Gasteiger partial charge on any atom is 0.410 e. The molecule has 1 N–H and O–H groups in total. The summed E-state index contributed by atoms with van der Waals surface area (Å²) in [6.07, 6.45) is -0.632. The van der Waals surface area contributed by atoms with E-state index in [1.807, 2.05) is 99.6 Å². The fraction of sp³-hybridized carbons (Fsp3) is 0.395. The van der Waals surface area contributed by atoms with E-state index in [1.54, 1.807) is 12.0 Å². The van der Waals surface area contributed by atoms with Crippen LogP contribution in [0.3, 0.4) is 0 Å². The van der Waals surface area contributed by atoms with Gasteiger partial charge in [-0.1, -0.05) is 78.9 Å². The zero-order valence-electron chi connectivity index (χ0n) is 27.2. The van der Waals surface area contributed by atoms with Gasteiger partial charge in [-0.15, -0.1) is 0 Å². The van der Waals surface area contributed by atoms with Gasteiger partial charge >= 0.3 is 6.09 Å². The van der Waals surface area contributed by atoms with Crippen LogP contribution in [0.2, 0.25) is 0 Å². The van der Waals surface area contributed by atoms with Crippen molar-refractivity contribution in [2.75, 3.05) is 33.4 Å². The highest BCUT2D eigenvalue weighted by molar-refractivity contribution is 5.89. The lowest BCUT2D eigenvalue weighted by molar-refractivity contribution is -0.0363. The fourth-order valence-corrected chi connectivity index (χ4v) is 5.74. The summed E-state index contributed by atoms with van der Waals surface area (Å²) in [5, 5.41) is 12.5. The van der Waals surface area contributed by atoms with Gasteiger partial charge in [0.2, 0.25) is 0 Å². The Bertz CT molecular complexity index is 1550. The third kappa shape index (κ3) is 9.00. The lowest BCUT2D eigenvalue weighted by Crippen LogP contribution is -2.48. The summed E-state index contributed by atoms with van der Waals surface area (Å²) < 4.78 is 29.6. The Balaban J connectivity index is 1.23. The molecule has 46 heavy (non-hydrogen) atoms. The van der Waals surface area contributed by atoms with Crippen LogP contribution in [0, 0.1) is 0 Å². The first-order valence-electron chi connectivity index (χ1n) is 15.9. The Kier molecular flexibility index (Phi) is 11.2. The van der Waals surface area contributed by atoms with E-state index in [-0.39, 0.29) is 31.3 Å². The average Bonchev–Trinajstić information content (AvgIpc) is 3.06. The van der Waals surface area contributed by atoms with Gasteiger partial charge in [0, 0.05) is 23.4 Å². The second-order valence-electron chi connectivity index (χ2n) is 12.7. The van der Waals surface area contributed by atoms with Crippen molar-refractivity contribution < 1.29 is 33.6 Å². The molecule has 8 nitrogen and oxygen atoms in total. The molecule has 244 valence electrons. The molecule has 1 fully saturated rings. The molecule has 5 rings (SSSR count). The fourth-order valence-electron chi connectivity index (χ4n) is 5.74. The smallest absolute Gasteiger partial charge is 0.410 e. The third-order valence-corrected chi connectivity index (χ3v) is 8.00. The summed E-state index contributed by atoms with van der Waals surface area (Å²) in [5.41, 5.74) is 2.52. The van der Waals surface area contributed by atoms with Crippen LogP contribution in [0.15, 0.2) is 91.0 Å². The van der Waals surface area contributed by atoms with Crippen molar-refractivity contribution in [3.63, 3.8) is 0 Å². The molecule has 1 amide bonds. The van der Waals surface area contributed by atoms with E-state index >= 15 is 0 Å². The summed E-state index contributed by atoms with van der Waals surface area (Å²) in [6, 6.07) is 30.0. The van der Waals surface area contributed by atoms with Crippen LogP contribution in [-0.2, 0) is 27.4 Å². The monoisotopic (exact) mass is 627 g/mol. The Hall–Kier alpha value is -4.11. The van der Waals surface area contributed by atoms with Crippen LogP contribution in [0.5, 0.6) is 11.5 Å². The van der Waals surface area contributed by atoms with Crippen molar-refractivity contribution in [3.05, 3.63) is 108 Å². The first kappa shape index (κ1) is 33.3. The van der Waals surface area contributed by atoms with Crippen LogP contribution in [0.4, 0.5) is 4.79 Å². The minimum atomic E-state index is -0.745. The first-order valence-corrected chi connectivity index (χ1v) is 15.9. The quantitative estimate of drug-likeness (QED) is 0.179. The molecule has 1 heterocycles. The van der Waals surface area contributed by atoms with Crippen LogP contribution < -0.4 is 9.47 Å². The molecule has 3 atom stereocenters. The van der Waals surface area contributed by atoms with Gasteiger partial charge in [0.15, 0.2) is 0 Å². The van der Waals surface area contributed by atoms with E-state index in [0.717, 1.165) is 39.6 Å². The van der Waals surface area contributed by atoms with Gasteiger partial charge in [0.1, 0.15) is 29.8 Å². The number of likely N-dealkylation sites (tertiary alicyclic amines) is 1. The van der Waals surface area contributed by atoms with E-state index in [1.165, 1.54) is 0 Å². The van der Waals surface area contributed by atoms with Crippen molar-refractivity contribution in [2.45, 2.75) is 64.1 Å². The number of rotatable bonds is 12. The number of carbonyl (C=O) groups excluding carboxylic acids is 1. The molecule has 0 bridgehead atoms. The first-order chi connectivity index (χ1) is 22.2. The normalized spacial score (nSPS) is 17.5. The van der Waals surface area contributed by atoms with Gasteiger partial charge in [-0.05, 0) is 55.8 Å². The molecule has 1 saturated heterocycles. The van der Waals surface area contributed by atoms with Gasteiger partial charge in [-0.2, -0.15) is 0 Å². The van der Waals surface area contributed by atoms with Gasteiger partial charge in [-0.25, -0.2) is 4.79 Å². The van der Waals surface area contributed by atoms with Crippen LogP contribution >= 0.6 is 0 Å². The maximum absolute atomic E-state index is 13.0. The van der Waals surface area contributed by atoms with Gasteiger partial charge < -0.3 is 33.7 Å². The summed E-state index contributed by atoms with van der Waals surface area (Å²) in [4.78, 5) is 14.8. The predicted octanol–water partition coefficient (Wildman–Crippen LogP) is 7.11. The molecule has 0 spiro atoms. The maximum atomic E-state index is 13.0. The number of aliphatic hydroxyl groups is 1. The molecule has 0 radical (unpaired) electrons. The number of carbonyl (C=O) groups is 1. The summed E-state index contributed by atoms with van der Waals surface area (Å²) in [5.74, 6) is 1.51. The summed E-state index contributed by atoms with van der Waals surface area (Å²) in [6.45, 7) is 7.67. The molecule has 0 saturated carbocycles. The van der Waals surface area contributed by atoms with Crippen molar-refractivity contribution >= 4 is 16.9 Å². The Morgan fingerprint density at radius 3 is 2.39 bits per heavy atom. The molecule has 1 aliphatic heterocycles. The summed E-state index contributed by atoms with van der Waals surface area (Å²) in [7, 11) is 1.68. The molecular formula is C38H45NO7. The van der Waals surface area contributed by atoms with E-state index < -0.39 is 11.7 Å². The highest BCUT2D eigenvalue weighted by Gasteiger charge is 2.35. The van der Waals surface area contributed by atoms with E-state index in [9.17, 15) is 9.90 Å².